The summed E-state index contributed by atoms with van der Waals surface area (Å²) < 4.78 is 10.7. The summed E-state index contributed by atoms with van der Waals surface area (Å²) in [7, 11) is 0. The van der Waals surface area contributed by atoms with Crippen molar-refractivity contribution in [3.05, 3.63) is 70.3 Å². The van der Waals surface area contributed by atoms with Gasteiger partial charge < -0.3 is 19.8 Å². The molecule has 0 bridgehead atoms. The summed E-state index contributed by atoms with van der Waals surface area (Å²) in [5.74, 6) is 1.53. The predicted octanol–water partition coefficient (Wildman–Crippen LogP) is 4.00. The molecule has 2 heterocycles. The van der Waals surface area contributed by atoms with E-state index in [1.54, 1.807) is 24.9 Å². The Morgan fingerprint density at radius 1 is 1.25 bits per heavy atom. The molecule has 0 aliphatic carbocycles. The first kappa shape index (κ1) is 20.1. The van der Waals surface area contributed by atoms with Crippen LogP contribution in [0.5, 0.6) is 0 Å². The summed E-state index contributed by atoms with van der Waals surface area (Å²) >= 11 is 1.56. The molecule has 1 aliphatic rings. The summed E-state index contributed by atoms with van der Waals surface area (Å²) in [4.78, 5) is 25.1. The normalized spacial score (nSPS) is 16.5. The van der Waals surface area contributed by atoms with E-state index in [0.29, 0.717) is 22.8 Å². The molecule has 0 saturated heterocycles. The highest BCUT2D eigenvalue weighted by atomic mass is 32.2. The lowest BCUT2D eigenvalue weighted by Crippen LogP contribution is -2.46. The lowest BCUT2D eigenvalue weighted by atomic mass is 9.91. The lowest BCUT2D eigenvalue weighted by Gasteiger charge is -2.30. The maximum absolute atomic E-state index is 12.8. The van der Waals surface area contributed by atoms with E-state index in [1.807, 2.05) is 44.2 Å². The zero-order chi connectivity index (χ0) is 20.1. The third kappa shape index (κ3) is 4.59. The van der Waals surface area contributed by atoms with Crippen LogP contribution >= 0.6 is 11.8 Å². The van der Waals surface area contributed by atoms with Crippen molar-refractivity contribution in [2.45, 2.75) is 32.6 Å². The number of carbonyl (C=O) groups excluding carboxylic acids is 2. The van der Waals surface area contributed by atoms with Crippen LogP contribution in [0.1, 0.15) is 35.4 Å². The lowest BCUT2D eigenvalue weighted by molar-refractivity contribution is -0.139. The van der Waals surface area contributed by atoms with Crippen molar-refractivity contribution in [3.8, 4) is 0 Å². The van der Waals surface area contributed by atoms with Crippen molar-refractivity contribution in [2.75, 3.05) is 12.4 Å². The minimum Gasteiger partial charge on any atom is -0.468 e. The predicted molar refractivity (Wildman–Crippen MR) is 109 cm³/mol. The quantitative estimate of drug-likeness (QED) is 0.687. The van der Waals surface area contributed by atoms with E-state index in [-0.39, 0.29) is 12.6 Å². The van der Waals surface area contributed by atoms with Crippen LogP contribution in [0.3, 0.4) is 0 Å². The van der Waals surface area contributed by atoms with Gasteiger partial charge in [-0.1, -0.05) is 23.8 Å². The van der Waals surface area contributed by atoms with E-state index in [9.17, 15) is 9.59 Å². The third-order valence-electron chi connectivity index (χ3n) is 4.47. The van der Waals surface area contributed by atoms with Gasteiger partial charge in [-0.15, -0.1) is 11.8 Å². The molecule has 6 nitrogen and oxygen atoms in total. The van der Waals surface area contributed by atoms with Crippen LogP contribution in [0.4, 0.5) is 4.79 Å². The zero-order valence-corrected chi connectivity index (χ0v) is 17.0. The Labute approximate surface area is 168 Å². The van der Waals surface area contributed by atoms with Gasteiger partial charge in [-0.2, -0.15) is 0 Å². The molecule has 1 atom stereocenters. The van der Waals surface area contributed by atoms with Crippen molar-refractivity contribution in [2.24, 2.45) is 0 Å². The molecule has 1 aromatic heterocycles. The molecule has 0 unspecified atom stereocenters. The molecule has 1 aliphatic heterocycles. The Morgan fingerprint density at radius 2 is 2.07 bits per heavy atom. The molecule has 0 radical (unpaired) electrons. The van der Waals surface area contributed by atoms with Gasteiger partial charge in [-0.05, 0) is 44.0 Å². The Hall–Kier alpha value is -2.67. The number of furan rings is 1. The van der Waals surface area contributed by atoms with E-state index in [4.69, 9.17) is 9.15 Å². The van der Waals surface area contributed by atoms with Gasteiger partial charge in [-0.3, -0.25) is 0 Å². The van der Waals surface area contributed by atoms with Crippen molar-refractivity contribution in [1.29, 1.82) is 0 Å². The molecule has 3 rings (SSSR count). The summed E-state index contributed by atoms with van der Waals surface area (Å²) in [5.41, 5.74) is 3.98. The number of hydrogen-bond acceptors (Lipinski definition) is 5. The van der Waals surface area contributed by atoms with E-state index in [2.05, 4.69) is 10.6 Å². The molecule has 2 amide bonds. The summed E-state index contributed by atoms with van der Waals surface area (Å²) in [6.07, 6.45) is 1.63. The molecular weight excluding hydrogens is 376 g/mol. The fraction of sp³-hybridized carbons (Fsp3) is 0.333. The number of aryl methyl sites for hydroxylation is 2. The SMILES string of the molecule is CCOC(=O)C1=C(CSCc2ccco2)NC(=O)N[C@@H]1c1cc(C)ccc1C. The molecule has 0 fully saturated rings. The topological polar surface area (TPSA) is 80.6 Å². The molecular formula is C21H24N2O4S. The second-order valence-corrected chi connectivity index (χ2v) is 7.56. The smallest absolute Gasteiger partial charge is 0.338 e. The highest BCUT2D eigenvalue weighted by Gasteiger charge is 2.34. The summed E-state index contributed by atoms with van der Waals surface area (Å²) in [5, 5.41) is 5.68. The fourth-order valence-electron chi connectivity index (χ4n) is 3.13. The standard InChI is InChI=1S/C21H24N2O4S/c1-4-26-20(24)18-17(12-28-11-15-6-5-9-27-15)22-21(25)23-19(18)16-10-13(2)7-8-14(16)3/h5-10,19H,4,11-12H2,1-3H3,(H2,22,23,25)/t19-/m1/s1. The van der Waals surface area contributed by atoms with Crippen LogP contribution in [0.15, 0.2) is 52.3 Å². The Balaban J connectivity index is 1.95. The maximum Gasteiger partial charge on any atom is 0.338 e. The van der Waals surface area contributed by atoms with Gasteiger partial charge in [-0.25, -0.2) is 9.59 Å². The number of esters is 1. The molecule has 1 aromatic carbocycles. The van der Waals surface area contributed by atoms with E-state index >= 15 is 0 Å². The second-order valence-electron chi connectivity index (χ2n) is 6.58. The zero-order valence-electron chi connectivity index (χ0n) is 16.2. The first-order valence-corrected chi connectivity index (χ1v) is 10.3. The molecule has 148 valence electrons. The van der Waals surface area contributed by atoms with Crippen molar-refractivity contribution >= 4 is 23.8 Å². The number of rotatable bonds is 7. The Morgan fingerprint density at radius 3 is 2.79 bits per heavy atom. The number of thioether (sulfide) groups is 1. The monoisotopic (exact) mass is 400 g/mol. The summed E-state index contributed by atoms with van der Waals surface area (Å²) in [6.45, 7) is 5.99. The number of urea groups is 1. The molecule has 0 spiro atoms. The minimum absolute atomic E-state index is 0.266. The Bertz CT molecular complexity index is 890. The number of carbonyl (C=O) groups is 2. The van der Waals surface area contributed by atoms with E-state index in [0.717, 1.165) is 22.5 Å². The van der Waals surface area contributed by atoms with Gasteiger partial charge in [0.1, 0.15) is 5.76 Å². The number of hydrogen-bond donors (Lipinski definition) is 2. The van der Waals surface area contributed by atoms with Crippen LogP contribution in [-0.2, 0) is 15.3 Å². The van der Waals surface area contributed by atoms with Crippen molar-refractivity contribution in [3.63, 3.8) is 0 Å². The van der Waals surface area contributed by atoms with Gasteiger partial charge >= 0.3 is 12.0 Å². The van der Waals surface area contributed by atoms with Crippen LogP contribution in [0.2, 0.25) is 0 Å². The van der Waals surface area contributed by atoms with Gasteiger partial charge in [0.2, 0.25) is 0 Å². The number of ether oxygens (including phenoxy) is 1. The highest BCUT2D eigenvalue weighted by molar-refractivity contribution is 7.98. The minimum atomic E-state index is -0.549. The van der Waals surface area contributed by atoms with E-state index in [1.165, 1.54) is 0 Å². The molecule has 2 aromatic rings. The van der Waals surface area contributed by atoms with Crippen LogP contribution < -0.4 is 10.6 Å². The van der Waals surface area contributed by atoms with Crippen molar-refractivity contribution in [1.82, 2.24) is 10.6 Å². The average Bonchev–Trinajstić information content (AvgIpc) is 3.17. The highest BCUT2D eigenvalue weighted by Crippen LogP contribution is 2.32. The first-order chi connectivity index (χ1) is 13.5. The largest absolute Gasteiger partial charge is 0.468 e. The first-order valence-electron chi connectivity index (χ1n) is 9.14. The maximum atomic E-state index is 12.8. The molecule has 28 heavy (non-hydrogen) atoms. The molecule has 2 N–H and O–H groups in total. The van der Waals surface area contributed by atoms with Crippen LogP contribution in [0.25, 0.3) is 0 Å². The van der Waals surface area contributed by atoms with Crippen molar-refractivity contribution < 1.29 is 18.7 Å². The average molecular weight is 401 g/mol. The number of nitrogens with one attached hydrogen (secondary N) is 2. The fourth-order valence-corrected chi connectivity index (χ4v) is 4.03. The summed E-state index contributed by atoms with van der Waals surface area (Å²) in [6, 6.07) is 8.86. The number of amides is 2. The van der Waals surface area contributed by atoms with Crippen LogP contribution in [-0.4, -0.2) is 24.4 Å². The van der Waals surface area contributed by atoms with Crippen LogP contribution in [0, 0.1) is 13.8 Å². The third-order valence-corrected chi connectivity index (χ3v) is 5.45. The van der Waals surface area contributed by atoms with Gasteiger partial charge in [0, 0.05) is 11.4 Å². The van der Waals surface area contributed by atoms with Gasteiger partial charge in [0.05, 0.1) is 30.2 Å². The van der Waals surface area contributed by atoms with Gasteiger partial charge in [0.25, 0.3) is 0 Å². The number of benzene rings is 1. The van der Waals surface area contributed by atoms with Gasteiger partial charge in [0.15, 0.2) is 0 Å². The molecule has 0 saturated carbocycles. The Kier molecular flexibility index (Phi) is 6.46. The second kappa shape index (κ2) is 9.01. The molecule has 7 heteroatoms. The van der Waals surface area contributed by atoms with E-state index < -0.39 is 12.0 Å².